The summed E-state index contributed by atoms with van der Waals surface area (Å²) >= 11 is 3.50. The van der Waals surface area contributed by atoms with Crippen molar-refractivity contribution in [2.75, 3.05) is 6.61 Å². The highest BCUT2D eigenvalue weighted by Gasteiger charge is 2.10. The fourth-order valence-corrected chi connectivity index (χ4v) is 4.10. The molecule has 0 fully saturated rings. The Labute approximate surface area is 184 Å². The van der Waals surface area contributed by atoms with Crippen LogP contribution in [0.1, 0.15) is 117 Å². The van der Waals surface area contributed by atoms with Crippen molar-refractivity contribution >= 4 is 15.9 Å². The second-order valence-corrected chi connectivity index (χ2v) is 9.37. The molecule has 0 heterocycles. The van der Waals surface area contributed by atoms with Crippen molar-refractivity contribution in [1.82, 2.24) is 0 Å². The monoisotopic (exact) mass is 452 g/mol. The molecule has 0 N–H and O–H groups in total. The summed E-state index contributed by atoms with van der Waals surface area (Å²) in [7, 11) is 0. The van der Waals surface area contributed by atoms with Gasteiger partial charge in [0.1, 0.15) is 5.75 Å². The SMILES string of the molecule is CCCCCCCCCCC(CCCCCCCC)COc1ccc(Br)cc1. The van der Waals surface area contributed by atoms with E-state index in [1.807, 2.05) is 0 Å². The van der Waals surface area contributed by atoms with Crippen LogP contribution in [0.4, 0.5) is 0 Å². The lowest BCUT2D eigenvalue weighted by atomic mass is 9.94. The van der Waals surface area contributed by atoms with E-state index in [2.05, 4.69) is 54.0 Å². The first kappa shape index (κ1) is 25.5. The molecule has 0 aromatic heterocycles. The molecule has 0 saturated heterocycles. The molecule has 1 atom stereocenters. The zero-order valence-electron chi connectivity index (χ0n) is 18.7. The summed E-state index contributed by atoms with van der Waals surface area (Å²) in [6.45, 7) is 5.46. The van der Waals surface area contributed by atoms with E-state index in [9.17, 15) is 0 Å². The lowest BCUT2D eigenvalue weighted by molar-refractivity contribution is 0.224. The Morgan fingerprint density at radius 1 is 0.643 bits per heavy atom. The molecule has 0 radical (unpaired) electrons. The van der Waals surface area contributed by atoms with Crippen molar-refractivity contribution in [3.05, 3.63) is 28.7 Å². The molecule has 0 saturated carbocycles. The Kier molecular flexibility index (Phi) is 16.9. The molecule has 0 aliphatic rings. The Hall–Kier alpha value is -0.500. The van der Waals surface area contributed by atoms with Gasteiger partial charge >= 0.3 is 0 Å². The summed E-state index contributed by atoms with van der Waals surface area (Å²) in [4.78, 5) is 0. The molecule has 0 amide bonds. The molecule has 0 aliphatic carbocycles. The van der Waals surface area contributed by atoms with Gasteiger partial charge < -0.3 is 4.74 Å². The lowest BCUT2D eigenvalue weighted by Crippen LogP contribution is -2.12. The van der Waals surface area contributed by atoms with Crippen LogP contribution in [0, 0.1) is 5.92 Å². The first-order chi connectivity index (χ1) is 13.8. The van der Waals surface area contributed by atoms with Crippen molar-refractivity contribution in [3.8, 4) is 5.75 Å². The average Bonchev–Trinajstić information content (AvgIpc) is 2.71. The van der Waals surface area contributed by atoms with Gasteiger partial charge in [0, 0.05) is 4.47 Å². The average molecular weight is 454 g/mol. The van der Waals surface area contributed by atoms with E-state index in [0.717, 1.165) is 22.7 Å². The third kappa shape index (κ3) is 14.5. The predicted octanol–water partition coefficient (Wildman–Crippen LogP) is 9.73. The zero-order chi connectivity index (χ0) is 20.3. The van der Waals surface area contributed by atoms with Crippen LogP contribution in [0.2, 0.25) is 0 Å². The molecule has 1 rings (SSSR count). The zero-order valence-corrected chi connectivity index (χ0v) is 20.3. The lowest BCUT2D eigenvalue weighted by Gasteiger charge is -2.18. The van der Waals surface area contributed by atoms with Gasteiger partial charge in [0.25, 0.3) is 0 Å². The number of ether oxygens (including phenoxy) is 1. The van der Waals surface area contributed by atoms with Crippen LogP contribution in [0.3, 0.4) is 0 Å². The van der Waals surface area contributed by atoms with Crippen LogP contribution < -0.4 is 4.74 Å². The highest BCUT2D eigenvalue weighted by atomic mass is 79.9. The molecule has 162 valence electrons. The van der Waals surface area contributed by atoms with Crippen molar-refractivity contribution in [2.24, 2.45) is 5.92 Å². The molecule has 1 nitrogen and oxygen atoms in total. The maximum absolute atomic E-state index is 6.12. The number of hydrogen-bond acceptors (Lipinski definition) is 1. The van der Waals surface area contributed by atoms with Gasteiger partial charge in [0.15, 0.2) is 0 Å². The van der Waals surface area contributed by atoms with Crippen LogP contribution in [-0.2, 0) is 0 Å². The molecule has 0 spiro atoms. The largest absolute Gasteiger partial charge is 0.493 e. The summed E-state index contributed by atoms with van der Waals surface area (Å²) < 4.78 is 7.23. The number of benzene rings is 1. The van der Waals surface area contributed by atoms with Gasteiger partial charge in [-0.25, -0.2) is 0 Å². The Balaban J connectivity index is 2.24. The second kappa shape index (κ2) is 18.5. The minimum absolute atomic E-state index is 0.718. The van der Waals surface area contributed by atoms with Crippen LogP contribution in [-0.4, -0.2) is 6.61 Å². The molecule has 2 heteroatoms. The third-order valence-corrected chi connectivity index (χ3v) is 6.26. The molecule has 28 heavy (non-hydrogen) atoms. The molecule has 1 unspecified atom stereocenters. The van der Waals surface area contributed by atoms with Crippen molar-refractivity contribution in [2.45, 2.75) is 117 Å². The summed E-state index contributed by atoms with van der Waals surface area (Å²) in [5.74, 6) is 1.72. The van der Waals surface area contributed by atoms with Crippen molar-refractivity contribution in [3.63, 3.8) is 0 Å². The molecule has 0 aliphatic heterocycles. The summed E-state index contributed by atoms with van der Waals surface area (Å²) in [5, 5.41) is 0. The minimum Gasteiger partial charge on any atom is -0.493 e. The van der Waals surface area contributed by atoms with Crippen LogP contribution in [0.25, 0.3) is 0 Å². The van der Waals surface area contributed by atoms with Crippen LogP contribution in [0.15, 0.2) is 28.7 Å². The molecule has 0 bridgehead atoms. The van der Waals surface area contributed by atoms with Crippen molar-refractivity contribution in [1.29, 1.82) is 0 Å². The third-order valence-electron chi connectivity index (χ3n) is 5.73. The van der Waals surface area contributed by atoms with Gasteiger partial charge in [-0.05, 0) is 43.0 Å². The van der Waals surface area contributed by atoms with Gasteiger partial charge in [-0.3, -0.25) is 0 Å². The maximum Gasteiger partial charge on any atom is 0.119 e. The molecular weight excluding hydrogens is 408 g/mol. The van der Waals surface area contributed by atoms with E-state index in [1.165, 1.54) is 103 Å². The first-order valence-corrected chi connectivity index (χ1v) is 12.9. The quantitative estimate of drug-likeness (QED) is 0.189. The highest BCUT2D eigenvalue weighted by molar-refractivity contribution is 9.10. The Morgan fingerprint density at radius 2 is 1.07 bits per heavy atom. The Morgan fingerprint density at radius 3 is 1.54 bits per heavy atom. The van der Waals surface area contributed by atoms with E-state index in [0.29, 0.717) is 0 Å². The highest BCUT2D eigenvalue weighted by Crippen LogP contribution is 2.22. The summed E-state index contributed by atoms with van der Waals surface area (Å²) in [6.07, 6.45) is 22.2. The smallest absolute Gasteiger partial charge is 0.119 e. The second-order valence-electron chi connectivity index (χ2n) is 8.45. The topological polar surface area (TPSA) is 9.23 Å². The predicted molar refractivity (Wildman–Crippen MR) is 128 cm³/mol. The van der Waals surface area contributed by atoms with E-state index >= 15 is 0 Å². The number of halogens is 1. The summed E-state index contributed by atoms with van der Waals surface area (Å²) in [6, 6.07) is 8.28. The Bertz CT molecular complexity index is 442. The first-order valence-electron chi connectivity index (χ1n) is 12.1. The van der Waals surface area contributed by atoms with Gasteiger partial charge in [-0.2, -0.15) is 0 Å². The van der Waals surface area contributed by atoms with Crippen molar-refractivity contribution < 1.29 is 4.74 Å². The number of hydrogen-bond donors (Lipinski definition) is 0. The van der Waals surface area contributed by atoms with Gasteiger partial charge in [0.2, 0.25) is 0 Å². The normalized spacial score (nSPS) is 12.2. The van der Waals surface area contributed by atoms with Crippen LogP contribution in [0.5, 0.6) is 5.75 Å². The number of unbranched alkanes of at least 4 members (excludes halogenated alkanes) is 12. The number of rotatable bonds is 19. The summed E-state index contributed by atoms with van der Waals surface area (Å²) in [5.41, 5.74) is 0. The fraction of sp³-hybridized carbons (Fsp3) is 0.769. The molecule has 1 aromatic carbocycles. The van der Waals surface area contributed by atoms with E-state index < -0.39 is 0 Å². The molecule has 1 aromatic rings. The van der Waals surface area contributed by atoms with E-state index in [4.69, 9.17) is 4.74 Å². The van der Waals surface area contributed by atoms with Gasteiger partial charge in [-0.1, -0.05) is 120 Å². The molecular formula is C26H45BrO. The van der Waals surface area contributed by atoms with Gasteiger partial charge in [-0.15, -0.1) is 0 Å². The maximum atomic E-state index is 6.12. The van der Waals surface area contributed by atoms with Crippen LogP contribution >= 0.6 is 15.9 Å². The van der Waals surface area contributed by atoms with E-state index in [-0.39, 0.29) is 0 Å². The van der Waals surface area contributed by atoms with E-state index in [1.54, 1.807) is 0 Å². The minimum atomic E-state index is 0.718. The van der Waals surface area contributed by atoms with Gasteiger partial charge in [0.05, 0.1) is 6.61 Å². The fourth-order valence-electron chi connectivity index (χ4n) is 3.84. The standard InChI is InChI=1S/C26H45BrO/c1-3-5-7-9-11-12-14-16-18-24(17-15-13-10-8-6-4-2)23-28-26-21-19-25(27)20-22-26/h19-22,24H,3-18,23H2,1-2H3.